The minimum atomic E-state index is -0.145. The highest BCUT2D eigenvalue weighted by Crippen LogP contribution is 2.11. The Morgan fingerprint density at radius 1 is 1.59 bits per heavy atom. The largest absolute Gasteiger partial charge is 0.348 e. The molecule has 0 aromatic carbocycles. The van der Waals surface area contributed by atoms with Crippen molar-refractivity contribution < 1.29 is 4.79 Å². The van der Waals surface area contributed by atoms with Gasteiger partial charge in [0.05, 0.1) is 10.7 Å². The van der Waals surface area contributed by atoms with Crippen molar-refractivity contribution in [3.05, 3.63) is 22.2 Å². The molecule has 0 aliphatic rings. The van der Waals surface area contributed by atoms with E-state index in [0.29, 0.717) is 0 Å². The summed E-state index contributed by atoms with van der Waals surface area (Å²) >= 11 is 1.58. The summed E-state index contributed by atoms with van der Waals surface area (Å²) in [7, 11) is 0. The number of nitrogens with one attached hydrogen (secondary N) is 1. The van der Waals surface area contributed by atoms with Crippen molar-refractivity contribution in [1.29, 1.82) is 0 Å². The molecule has 1 amide bonds. The van der Waals surface area contributed by atoms with Gasteiger partial charge in [0.2, 0.25) is 5.91 Å². The molecule has 0 unspecified atom stereocenters. The maximum atomic E-state index is 11.7. The zero-order valence-corrected chi connectivity index (χ0v) is 11.7. The molecule has 17 heavy (non-hydrogen) atoms. The molecule has 0 spiro atoms. The smallest absolute Gasteiger partial charge is 0.244 e. The highest BCUT2D eigenvalue weighted by atomic mass is 32.1. The minimum absolute atomic E-state index is 0.0610. The van der Waals surface area contributed by atoms with Crippen molar-refractivity contribution in [2.75, 3.05) is 0 Å². The molecule has 0 saturated carbocycles. The Morgan fingerprint density at radius 3 is 2.82 bits per heavy atom. The number of hydrogen-bond donors (Lipinski definition) is 1. The molecule has 0 fully saturated rings. The van der Waals surface area contributed by atoms with Crippen LogP contribution in [0.4, 0.5) is 0 Å². The summed E-state index contributed by atoms with van der Waals surface area (Å²) in [6, 6.07) is 0. The fraction of sp³-hybridized carbons (Fsp3) is 0.538. The minimum Gasteiger partial charge on any atom is -0.348 e. The van der Waals surface area contributed by atoms with Gasteiger partial charge in [0.15, 0.2) is 0 Å². The van der Waals surface area contributed by atoms with Crippen LogP contribution in [-0.4, -0.2) is 16.4 Å². The van der Waals surface area contributed by atoms with Gasteiger partial charge in [-0.15, -0.1) is 11.3 Å². The number of amides is 1. The Morgan fingerprint density at radius 2 is 2.29 bits per heavy atom. The second-order valence-electron chi connectivity index (χ2n) is 4.75. The third-order valence-corrected chi connectivity index (χ3v) is 3.17. The van der Waals surface area contributed by atoms with Crippen LogP contribution in [0.15, 0.2) is 11.5 Å². The summed E-state index contributed by atoms with van der Waals surface area (Å²) in [4.78, 5) is 16.0. The lowest BCUT2D eigenvalue weighted by atomic mass is 9.99. The molecule has 1 aromatic heterocycles. The monoisotopic (exact) mass is 252 g/mol. The van der Waals surface area contributed by atoms with E-state index in [1.54, 1.807) is 23.5 Å². The third kappa shape index (κ3) is 5.13. The molecule has 1 heterocycles. The van der Waals surface area contributed by atoms with Gasteiger partial charge in [-0.05, 0) is 33.3 Å². The summed E-state index contributed by atoms with van der Waals surface area (Å²) in [5.41, 5.74) is 0.699. The lowest BCUT2D eigenvalue weighted by Crippen LogP contribution is -2.42. The lowest BCUT2D eigenvalue weighted by molar-refractivity contribution is -0.118. The molecular formula is C13H20N2OS. The number of hydrogen-bond acceptors (Lipinski definition) is 3. The maximum Gasteiger partial charge on any atom is 0.244 e. The van der Waals surface area contributed by atoms with Crippen molar-refractivity contribution in [1.82, 2.24) is 10.3 Å². The van der Waals surface area contributed by atoms with Gasteiger partial charge < -0.3 is 5.32 Å². The van der Waals surface area contributed by atoms with Gasteiger partial charge in [-0.1, -0.05) is 13.3 Å². The molecule has 0 atom stereocenters. The molecule has 0 bridgehead atoms. The predicted molar refractivity (Wildman–Crippen MR) is 73.0 cm³/mol. The maximum absolute atomic E-state index is 11.7. The van der Waals surface area contributed by atoms with E-state index in [1.807, 2.05) is 26.2 Å². The number of aryl methyl sites for hydroxylation is 1. The van der Waals surface area contributed by atoms with Crippen LogP contribution in [0.5, 0.6) is 0 Å². The van der Waals surface area contributed by atoms with Crippen LogP contribution in [-0.2, 0) is 4.79 Å². The highest BCUT2D eigenvalue weighted by Gasteiger charge is 2.17. The highest BCUT2D eigenvalue weighted by molar-refractivity contribution is 7.09. The van der Waals surface area contributed by atoms with E-state index in [4.69, 9.17) is 0 Å². The first-order valence-corrected chi connectivity index (χ1v) is 6.73. The molecule has 0 saturated heterocycles. The standard InChI is InChI=1S/C13H20N2OS/c1-5-8-13(3,4)15-12(16)7-6-11-9-17-10(2)14-11/h6-7,9H,5,8H2,1-4H3,(H,15,16)/b7-6+. The van der Waals surface area contributed by atoms with Gasteiger partial charge in [0, 0.05) is 17.0 Å². The van der Waals surface area contributed by atoms with Crippen LogP contribution in [0.25, 0.3) is 6.08 Å². The molecule has 3 nitrogen and oxygen atoms in total. The van der Waals surface area contributed by atoms with E-state index in [2.05, 4.69) is 17.2 Å². The van der Waals surface area contributed by atoms with Crippen molar-refractivity contribution in [2.24, 2.45) is 0 Å². The molecule has 1 aromatic rings. The second-order valence-corrected chi connectivity index (χ2v) is 5.81. The van der Waals surface area contributed by atoms with Crippen molar-refractivity contribution in [3.8, 4) is 0 Å². The lowest BCUT2D eigenvalue weighted by Gasteiger charge is -2.24. The molecule has 0 radical (unpaired) electrons. The van der Waals surface area contributed by atoms with Crippen LogP contribution >= 0.6 is 11.3 Å². The summed E-state index contributed by atoms with van der Waals surface area (Å²) in [5.74, 6) is -0.0610. The Bertz CT molecular complexity index is 407. The summed E-state index contributed by atoms with van der Waals surface area (Å²) in [6.07, 6.45) is 5.33. The molecule has 0 aliphatic carbocycles. The number of nitrogens with zero attached hydrogens (tertiary/aromatic N) is 1. The van der Waals surface area contributed by atoms with Gasteiger partial charge in [0.25, 0.3) is 0 Å². The summed E-state index contributed by atoms with van der Waals surface area (Å²) in [5, 5.41) is 5.94. The average molecular weight is 252 g/mol. The Hall–Kier alpha value is -1.16. The molecule has 1 N–H and O–H groups in total. The second kappa shape index (κ2) is 5.96. The van der Waals surface area contributed by atoms with Crippen LogP contribution in [0.3, 0.4) is 0 Å². The Kier molecular flexibility index (Phi) is 4.87. The molecule has 4 heteroatoms. The van der Waals surface area contributed by atoms with E-state index in [-0.39, 0.29) is 11.4 Å². The fourth-order valence-corrected chi connectivity index (χ4v) is 2.26. The zero-order chi connectivity index (χ0) is 12.9. The van der Waals surface area contributed by atoms with Crippen LogP contribution in [0.1, 0.15) is 44.3 Å². The van der Waals surface area contributed by atoms with Crippen molar-refractivity contribution in [3.63, 3.8) is 0 Å². The quantitative estimate of drug-likeness (QED) is 0.818. The summed E-state index contributed by atoms with van der Waals surface area (Å²) < 4.78 is 0. The Labute approximate surface area is 107 Å². The number of rotatable bonds is 5. The van der Waals surface area contributed by atoms with E-state index >= 15 is 0 Å². The number of aromatic nitrogens is 1. The van der Waals surface area contributed by atoms with Gasteiger partial charge >= 0.3 is 0 Å². The normalized spacial score (nSPS) is 12.0. The molecule has 94 valence electrons. The van der Waals surface area contributed by atoms with Gasteiger partial charge in [0.1, 0.15) is 0 Å². The van der Waals surface area contributed by atoms with Crippen molar-refractivity contribution in [2.45, 2.75) is 46.1 Å². The van der Waals surface area contributed by atoms with E-state index in [0.717, 1.165) is 23.5 Å². The SMILES string of the molecule is CCCC(C)(C)NC(=O)/C=C/c1csc(C)n1. The Balaban J connectivity index is 2.52. The molecule has 0 aliphatic heterocycles. The number of carbonyl (C=O) groups excluding carboxylic acids is 1. The van der Waals surface area contributed by atoms with Gasteiger partial charge in [-0.25, -0.2) is 4.98 Å². The van der Waals surface area contributed by atoms with E-state index in [1.165, 1.54) is 0 Å². The van der Waals surface area contributed by atoms with Crippen LogP contribution < -0.4 is 5.32 Å². The first-order valence-electron chi connectivity index (χ1n) is 5.85. The first kappa shape index (κ1) is 13.9. The zero-order valence-electron chi connectivity index (χ0n) is 10.9. The van der Waals surface area contributed by atoms with Crippen molar-refractivity contribution >= 4 is 23.3 Å². The number of thiazole rings is 1. The summed E-state index contributed by atoms with van der Waals surface area (Å²) in [6.45, 7) is 8.14. The molecular weight excluding hydrogens is 232 g/mol. The average Bonchev–Trinajstić information content (AvgIpc) is 2.60. The predicted octanol–water partition coefficient (Wildman–Crippen LogP) is 3.16. The third-order valence-electron chi connectivity index (χ3n) is 2.38. The molecule has 1 rings (SSSR count). The first-order chi connectivity index (χ1) is 7.93. The van der Waals surface area contributed by atoms with Gasteiger partial charge in [-0.2, -0.15) is 0 Å². The fourth-order valence-electron chi connectivity index (χ4n) is 1.68. The van der Waals surface area contributed by atoms with E-state index < -0.39 is 0 Å². The van der Waals surface area contributed by atoms with Crippen LogP contribution in [0, 0.1) is 6.92 Å². The topological polar surface area (TPSA) is 42.0 Å². The van der Waals surface area contributed by atoms with E-state index in [9.17, 15) is 4.79 Å². The number of carbonyl (C=O) groups is 1. The van der Waals surface area contributed by atoms with Gasteiger partial charge in [-0.3, -0.25) is 4.79 Å². The van der Waals surface area contributed by atoms with Crippen LogP contribution in [0.2, 0.25) is 0 Å².